The minimum absolute atomic E-state index is 0.182. The van der Waals surface area contributed by atoms with Gasteiger partial charge in [0.2, 0.25) is 0 Å². The normalized spacial score (nSPS) is 13.7. The predicted molar refractivity (Wildman–Crippen MR) is 46.8 cm³/mol. The average molecular weight is 292 g/mol. The molecule has 0 aliphatic carbocycles. The topological polar surface area (TPSA) is 0 Å². The zero-order valence-corrected chi connectivity index (χ0v) is 8.63. The van der Waals surface area contributed by atoms with Gasteiger partial charge in [-0.15, -0.1) is 0 Å². The number of alkyl halides is 9. The molecular weight excluding hydrogens is 290 g/mol. The molecule has 0 N–H and O–H groups in total. The summed E-state index contributed by atoms with van der Waals surface area (Å²) in [6, 6.07) is -0.365. The molecule has 0 bridgehead atoms. The van der Waals surface area contributed by atoms with Crippen LogP contribution in [0, 0.1) is 0 Å². The maximum absolute atomic E-state index is 12.5. The maximum atomic E-state index is 12.5. The second-order valence-corrected chi connectivity index (χ2v) is 3.48. The molecule has 0 atom stereocenters. The molecule has 0 aliphatic heterocycles. The van der Waals surface area contributed by atoms with Crippen molar-refractivity contribution < 1.29 is 39.5 Å². The molecule has 0 heterocycles. The highest BCUT2D eigenvalue weighted by molar-refractivity contribution is 6.32. The van der Waals surface area contributed by atoms with Gasteiger partial charge < -0.3 is 0 Å². The third-order valence-electron chi connectivity index (χ3n) is 2.05. The molecule has 1 aromatic carbocycles. The molecule has 1 rings (SSSR count). The molecule has 104 valence electrons. The Morgan fingerprint density at radius 2 is 0.947 bits per heavy atom. The van der Waals surface area contributed by atoms with E-state index in [1.54, 1.807) is 0 Å². The lowest BCUT2D eigenvalue weighted by atomic mass is 9.87. The van der Waals surface area contributed by atoms with Crippen molar-refractivity contribution in [1.82, 2.24) is 0 Å². The number of benzene rings is 1. The Labute approximate surface area is 101 Å². The monoisotopic (exact) mass is 292 g/mol. The van der Waals surface area contributed by atoms with Gasteiger partial charge in [-0.05, 0) is 0 Å². The molecular formula is C9H2BF9. The number of hydrogen-bond acceptors (Lipinski definition) is 0. The van der Waals surface area contributed by atoms with Crippen LogP contribution in [0.4, 0.5) is 39.5 Å². The molecule has 2 radical (unpaired) electrons. The third-order valence-corrected chi connectivity index (χ3v) is 2.05. The van der Waals surface area contributed by atoms with E-state index in [1.807, 2.05) is 0 Å². The van der Waals surface area contributed by atoms with E-state index < -0.39 is 40.7 Å². The third kappa shape index (κ3) is 3.35. The zero-order chi connectivity index (χ0) is 15.2. The molecule has 0 spiro atoms. The molecule has 0 unspecified atom stereocenters. The van der Waals surface area contributed by atoms with Gasteiger partial charge in [0.05, 0.1) is 16.7 Å². The van der Waals surface area contributed by atoms with E-state index >= 15 is 0 Å². The predicted octanol–water partition coefficient (Wildman–Crippen LogP) is 3.54. The van der Waals surface area contributed by atoms with Gasteiger partial charge in [-0.2, -0.15) is 39.5 Å². The van der Waals surface area contributed by atoms with E-state index in [0.717, 1.165) is 0 Å². The molecule has 0 aromatic heterocycles. The number of halogens is 9. The Hall–Kier alpha value is -1.35. The van der Waals surface area contributed by atoms with Crippen molar-refractivity contribution in [2.45, 2.75) is 18.5 Å². The summed E-state index contributed by atoms with van der Waals surface area (Å²) >= 11 is 0. The molecule has 0 saturated carbocycles. The summed E-state index contributed by atoms with van der Waals surface area (Å²) in [7, 11) is 4.80. The lowest BCUT2D eigenvalue weighted by Gasteiger charge is -2.21. The average Bonchev–Trinajstić information content (AvgIpc) is 2.11. The standard InChI is InChI=1S/C9H2BF9/c10-3-1-4(7(11,12)13)6(9(17,18)19)5(2-3)8(14,15)16/h1-2H. The number of rotatable bonds is 0. The van der Waals surface area contributed by atoms with Crippen molar-refractivity contribution in [1.29, 1.82) is 0 Å². The van der Waals surface area contributed by atoms with E-state index in [4.69, 9.17) is 7.85 Å². The highest BCUT2D eigenvalue weighted by atomic mass is 19.4. The second kappa shape index (κ2) is 4.34. The summed E-state index contributed by atoms with van der Waals surface area (Å²) in [6.07, 6.45) is -17.0. The fourth-order valence-electron chi connectivity index (χ4n) is 1.42. The van der Waals surface area contributed by atoms with E-state index in [9.17, 15) is 39.5 Å². The van der Waals surface area contributed by atoms with Gasteiger partial charge in [-0.3, -0.25) is 0 Å². The van der Waals surface area contributed by atoms with Crippen LogP contribution in [0.3, 0.4) is 0 Å². The summed E-state index contributed by atoms with van der Waals surface area (Å²) in [4.78, 5) is 0. The van der Waals surface area contributed by atoms with E-state index in [0.29, 0.717) is 0 Å². The fourth-order valence-corrected chi connectivity index (χ4v) is 1.42. The van der Waals surface area contributed by atoms with Gasteiger partial charge in [0.25, 0.3) is 0 Å². The van der Waals surface area contributed by atoms with Crippen LogP contribution in [0.1, 0.15) is 16.7 Å². The Bertz CT molecular complexity index is 445. The summed E-state index contributed by atoms with van der Waals surface area (Å²) in [5.41, 5.74) is -8.78. The zero-order valence-electron chi connectivity index (χ0n) is 8.63. The molecule has 0 aliphatic rings. The molecule has 0 fully saturated rings. The van der Waals surface area contributed by atoms with Gasteiger partial charge in [-0.25, -0.2) is 0 Å². The van der Waals surface area contributed by atoms with Crippen LogP contribution in [0.15, 0.2) is 12.1 Å². The lowest BCUT2D eigenvalue weighted by Crippen LogP contribution is -2.26. The maximum Gasteiger partial charge on any atom is 0.417 e. The van der Waals surface area contributed by atoms with Crippen LogP contribution >= 0.6 is 0 Å². The summed E-state index contributed by atoms with van der Waals surface area (Å²) < 4.78 is 112. The Morgan fingerprint density at radius 1 is 0.632 bits per heavy atom. The van der Waals surface area contributed by atoms with Crippen LogP contribution in [0.25, 0.3) is 0 Å². The summed E-state index contributed by atoms with van der Waals surface area (Å²) in [5, 5.41) is 0. The summed E-state index contributed by atoms with van der Waals surface area (Å²) in [5.74, 6) is 0. The Balaban J connectivity index is 3.80. The molecule has 1 aromatic rings. The minimum atomic E-state index is -5.82. The molecule has 0 amide bonds. The second-order valence-electron chi connectivity index (χ2n) is 3.48. The first-order valence-corrected chi connectivity index (χ1v) is 4.39. The van der Waals surface area contributed by atoms with Gasteiger partial charge in [0.15, 0.2) is 0 Å². The number of hydrogen-bond donors (Lipinski definition) is 0. The first kappa shape index (κ1) is 15.7. The van der Waals surface area contributed by atoms with Crippen LogP contribution < -0.4 is 5.46 Å². The van der Waals surface area contributed by atoms with Crippen molar-refractivity contribution >= 4 is 13.3 Å². The van der Waals surface area contributed by atoms with Crippen molar-refractivity contribution in [3.8, 4) is 0 Å². The summed E-state index contributed by atoms with van der Waals surface area (Å²) in [6.45, 7) is 0. The SMILES string of the molecule is [B]c1cc(C(F)(F)F)c(C(F)(F)F)c(C(F)(F)F)c1. The van der Waals surface area contributed by atoms with Crippen LogP contribution in [0.2, 0.25) is 0 Å². The van der Waals surface area contributed by atoms with E-state index in [2.05, 4.69) is 0 Å². The molecule has 19 heavy (non-hydrogen) atoms. The molecule has 0 saturated heterocycles. The quantitative estimate of drug-likeness (QED) is 0.507. The van der Waals surface area contributed by atoms with Gasteiger partial charge in [0.1, 0.15) is 7.85 Å². The largest absolute Gasteiger partial charge is 0.417 e. The first-order valence-electron chi connectivity index (χ1n) is 4.39. The van der Waals surface area contributed by atoms with E-state index in [-0.39, 0.29) is 12.1 Å². The van der Waals surface area contributed by atoms with Crippen LogP contribution in [0.5, 0.6) is 0 Å². The van der Waals surface area contributed by atoms with E-state index in [1.165, 1.54) is 0 Å². The fraction of sp³-hybridized carbons (Fsp3) is 0.333. The smallest absolute Gasteiger partial charge is 0.166 e. The Kier molecular flexibility index (Phi) is 3.59. The first-order chi connectivity index (χ1) is 8.24. The van der Waals surface area contributed by atoms with Gasteiger partial charge >= 0.3 is 18.5 Å². The van der Waals surface area contributed by atoms with Crippen molar-refractivity contribution in [2.75, 3.05) is 0 Å². The molecule has 0 nitrogen and oxygen atoms in total. The Morgan fingerprint density at radius 3 is 1.16 bits per heavy atom. The highest BCUT2D eigenvalue weighted by Crippen LogP contribution is 2.45. The van der Waals surface area contributed by atoms with Gasteiger partial charge in [0, 0.05) is 0 Å². The highest BCUT2D eigenvalue weighted by Gasteiger charge is 2.49. The van der Waals surface area contributed by atoms with Crippen molar-refractivity contribution in [3.63, 3.8) is 0 Å². The van der Waals surface area contributed by atoms with Crippen LogP contribution in [-0.2, 0) is 18.5 Å². The van der Waals surface area contributed by atoms with Crippen molar-refractivity contribution in [2.24, 2.45) is 0 Å². The van der Waals surface area contributed by atoms with Crippen LogP contribution in [-0.4, -0.2) is 7.85 Å². The van der Waals surface area contributed by atoms with Gasteiger partial charge in [-0.1, -0.05) is 17.6 Å². The molecule has 10 heteroatoms. The van der Waals surface area contributed by atoms with Crippen molar-refractivity contribution in [3.05, 3.63) is 28.8 Å². The lowest BCUT2D eigenvalue weighted by molar-refractivity contribution is -0.174. The minimum Gasteiger partial charge on any atom is -0.166 e.